The molecule has 18 heavy (non-hydrogen) atoms. The summed E-state index contributed by atoms with van der Waals surface area (Å²) in [5.74, 6) is -0.612. The number of hydrogen-bond acceptors (Lipinski definition) is 4. The van der Waals surface area contributed by atoms with Crippen LogP contribution in [0.5, 0.6) is 0 Å². The number of nitrogens with one attached hydrogen (secondary N) is 2. The molecule has 0 fully saturated rings. The summed E-state index contributed by atoms with van der Waals surface area (Å²) in [4.78, 5) is 23.8. The molecule has 0 saturated heterocycles. The summed E-state index contributed by atoms with van der Waals surface area (Å²) in [6, 6.07) is 2.60. The fraction of sp³-hybridized carbons (Fsp3) is 0.500. The topological polar surface area (TPSA) is 97.3 Å². The van der Waals surface area contributed by atoms with Gasteiger partial charge < -0.3 is 20.2 Å². The second-order valence-corrected chi connectivity index (χ2v) is 4.23. The quantitative estimate of drug-likeness (QED) is 0.445. The lowest BCUT2D eigenvalue weighted by molar-refractivity contribution is -0.389. The first-order valence-corrected chi connectivity index (χ1v) is 5.73. The summed E-state index contributed by atoms with van der Waals surface area (Å²) in [6.45, 7) is 0.786. The number of carbonyl (C=O) groups is 1. The third-order valence-electron chi connectivity index (χ3n) is 2.20. The van der Waals surface area contributed by atoms with E-state index in [4.69, 9.17) is 16.3 Å². The van der Waals surface area contributed by atoms with E-state index in [0.717, 1.165) is 0 Å². The lowest BCUT2D eigenvalue weighted by Gasteiger charge is -2.07. The smallest absolute Gasteiger partial charge is 0.321 e. The second kappa shape index (κ2) is 6.97. The van der Waals surface area contributed by atoms with Gasteiger partial charge >= 0.3 is 5.82 Å². The Balaban J connectivity index is 2.38. The Morgan fingerprint density at radius 3 is 2.94 bits per heavy atom. The minimum Gasteiger partial charge on any atom is -0.383 e. The molecule has 100 valence electrons. The van der Waals surface area contributed by atoms with Gasteiger partial charge in [0.2, 0.25) is 0 Å². The average molecular weight is 276 g/mol. The molecule has 2 N–H and O–H groups in total. The van der Waals surface area contributed by atoms with E-state index >= 15 is 0 Å². The highest BCUT2D eigenvalue weighted by atomic mass is 35.5. The van der Waals surface area contributed by atoms with Gasteiger partial charge in [0.1, 0.15) is 0 Å². The molecule has 1 aromatic rings. The normalized spacial score (nSPS) is 12.1. The van der Waals surface area contributed by atoms with Crippen LogP contribution in [0.25, 0.3) is 0 Å². The molecule has 1 heterocycles. The first-order chi connectivity index (χ1) is 8.54. The van der Waals surface area contributed by atoms with Crippen molar-refractivity contribution in [3.8, 4) is 0 Å². The number of carbonyl (C=O) groups excluding carboxylic acids is 1. The predicted molar refractivity (Wildman–Crippen MR) is 65.9 cm³/mol. The number of H-pyrrole nitrogens is 1. The van der Waals surface area contributed by atoms with E-state index in [1.54, 1.807) is 7.11 Å². The highest BCUT2D eigenvalue weighted by Crippen LogP contribution is 2.09. The molecule has 1 atom stereocenters. The fourth-order valence-corrected chi connectivity index (χ4v) is 1.56. The van der Waals surface area contributed by atoms with Gasteiger partial charge in [-0.25, -0.2) is 4.98 Å². The van der Waals surface area contributed by atoms with Gasteiger partial charge in [0, 0.05) is 19.7 Å². The molecule has 1 unspecified atom stereocenters. The van der Waals surface area contributed by atoms with Crippen LogP contribution in [0.15, 0.2) is 12.1 Å². The number of alkyl halides is 1. The lowest BCUT2D eigenvalue weighted by atomic mass is 10.3. The minimum atomic E-state index is -0.593. The third kappa shape index (κ3) is 4.34. The summed E-state index contributed by atoms with van der Waals surface area (Å²) >= 11 is 5.88. The van der Waals surface area contributed by atoms with Crippen molar-refractivity contribution in [2.45, 2.75) is 11.8 Å². The van der Waals surface area contributed by atoms with E-state index in [1.165, 1.54) is 12.1 Å². The van der Waals surface area contributed by atoms with Crippen LogP contribution in [0.4, 0.5) is 5.82 Å². The fourth-order valence-electron chi connectivity index (χ4n) is 1.32. The van der Waals surface area contributed by atoms with Crippen LogP contribution < -0.4 is 5.32 Å². The Kier molecular flexibility index (Phi) is 5.60. The zero-order chi connectivity index (χ0) is 13.5. The second-order valence-electron chi connectivity index (χ2n) is 3.61. The Bertz CT molecular complexity index is 421. The van der Waals surface area contributed by atoms with E-state index < -0.39 is 10.8 Å². The van der Waals surface area contributed by atoms with Crippen molar-refractivity contribution >= 4 is 23.3 Å². The van der Waals surface area contributed by atoms with Gasteiger partial charge in [0.05, 0.1) is 12.0 Å². The van der Waals surface area contributed by atoms with Crippen molar-refractivity contribution in [2.75, 3.05) is 20.3 Å². The number of hydrogen-bond donors (Lipinski definition) is 2. The summed E-state index contributed by atoms with van der Waals surface area (Å²) in [7, 11) is 1.55. The molecule has 0 aromatic carbocycles. The van der Waals surface area contributed by atoms with E-state index in [0.29, 0.717) is 19.6 Å². The minimum absolute atomic E-state index is 0.152. The molecule has 1 aromatic heterocycles. The van der Waals surface area contributed by atoms with Crippen molar-refractivity contribution < 1.29 is 14.5 Å². The number of amides is 1. The third-order valence-corrected chi connectivity index (χ3v) is 2.55. The van der Waals surface area contributed by atoms with Crippen molar-refractivity contribution in [3.05, 3.63) is 27.9 Å². The molecule has 0 bridgehead atoms. The SMILES string of the molecule is COCC(Cl)CCNC(=O)c1ccc([N+](=O)[O-])[nH]1. The number of nitro groups is 1. The van der Waals surface area contributed by atoms with Crippen LogP contribution in [-0.2, 0) is 4.74 Å². The Labute approximate surface area is 109 Å². The Morgan fingerprint density at radius 1 is 1.67 bits per heavy atom. The summed E-state index contributed by atoms with van der Waals surface area (Å²) in [5, 5.41) is 12.9. The number of ether oxygens (including phenoxy) is 1. The van der Waals surface area contributed by atoms with Gasteiger partial charge in [-0.1, -0.05) is 0 Å². The van der Waals surface area contributed by atoms with Crippen molar-refractivity contribution in [2.24, 2.45) is 0 Å². The molecular weight excluding hydrogens is 262 g/mol. The number of halogens is 1. The van der Waals surface area contributed by atoms with Gasteiger partial charge in [-0.15, -0.1) is 11.6 Å². The van der Waals surface area contributed by atoms with E-state index in [9.17, 15) is 14.9 Å². The van der Waals surface area contributed by atoms with Crippen LogP contribution >= 0.6 is 11.6 Å². The monoisotopic (exact) mass is 275 g/mol. The summed E-state index contributed by atoms with van der Waals surface area (Å²) in [5.41, 5.74) is 0.152. The van der Waals surface area contributed by atoms with Gasteiger partial charge in [0.25, 0.3) is 5.91 Å². The van der Waals surface area contributed by atoms with Crippen LogP contribution in [0.1, 0.15) is 16.9 Å². The first-order valence-electron chi connectivity index (χ1n) is 5.29. The van der Waals surface area contributed by atoms with Gasteiger partial charge in [-0.2, -0.15) is 0 Å². The molecule has 7 nitrogen and oxygen atoms in total. The first kappa shape index (κ1) is 14.5. The molecule has 0 saturated carbocycles. The van der Waals surface area contributed by atoms with Crippen molar-refractivity contribution in [1.82, 2.24) is 10.3 Å². The summed E-state index contributed by atoms with van der Waals surface area (Å²) < 4.78 is 4.85. The molecule has 0 spiro atoms. The number of nitrogens with zero attached hydrogens (tertiary/aromatic N) is 1. The molecule has 1 amide bonds. The van der Waals surface area contributed by atoms with Gasteiger partial charge in [-0.3, -0.25) is 4.79 Å². The van der Waals surface area contributed by atoms with Crippen LogP contribution in [-0.4, -0.2) is 41.5 Å². The van der Waals surface area contributed by atoms with E-state index in [-0.39, 0.29) is 16.9 Å². The molecule has 1 rings (SSSR count). The number of aromatic nitrogens is 1. The van der Waals surface area contributed by atoms with E-state index in [1.807, 2.05) is 0 Å². The number of rotatable bonds is 7. The van der Waals surface area contributed by atoms with Crippen LogP contribution in [0.2, 0.25) is 0 Å². The zero-order valence-electron chi connectivity index (χ0n) is 9.81. The highest BCUT2D eigenvalue weighted by Gasteiger charge is 2.15. The maximum absolute atomic E-state index is 11.6. The molecule has 0 radical (unpaired) electrons. The van der Waals surface area contributed by atoms with Crippen LogP contribution in [0.3, 0.4) is 0 Å². The Hall–Kier alpha value is -1.60. The number of methoxy groups -OCH3 is 1. The molecule has 0 aliphatic rings. The Morgan fingerprint density at radius 2 is 2.39 bits per heavy atom. The lowest BCUT2D eigenvalue weighted by Crippen LogP contribution is -2.27. The zero-order valence-corrected chi connectivity index (χ0v) is 10.6. The average Bonchev–Trinajstić information content (AvgIpc) is 2.78. The number of aromatic amines is 1. The summed E-state index contributed by atoms with van der Waals surface area (Å²) in [6.07, 6.45) is 0.559. The molecule has 8 heteroatoms. The maximum Gasteiger partial charge on any atom is 0.321 e. The molecular formula is C10H14ClN3O4. The highest BCUT2D eigenvalue weighted by molar-refractivity contribution is 6.20. The molecule has 0 aliphatic heterocycles. The van der Waals surface area contributed by atoms with Crippen molar-refractivity contribution in [1.29, 1.82) is 0 Å². The maximum atomic E-state index is 11.6. The largest absolute Gasteiger partial charge is 0.383 e. The van der Waals surface area contributed by atoms with Gasteiger partial charge in [-0.05, 0) is 17.4 Å². The van der Waals surface area contributed by atoms with E-state index in [2.05, 4.69) is 10.3 Å². The van der Waals surface area contributed by atoms with Crippen molar-refractivity contribution in [3.63, 3.8) is 0 Å². The van der Waals surface area contributed by atoms with Crippen LogP contribution in [0, 0.1) is 10.1 Å². The molecule has 0 aliphatic carbocycles. The standard InChI is InChI=1S/C10H14ClN3O4/c1-18-6-7(11)4-5-12-10(15)8-2-3-9(13-8)14(16)17/h2-3,7,13H,4-6H2,1H3,(H,12,15). The predicted octanol–water partition coefficient (Wildman–Crippen LogP) is 1.30. The van der Waals surface area contributed by atoms with Gasteiger partial charge in [0.15, 0.2) is 5.69 Å².